The second-order valence-electron chi connectivity index (χ2n) is 7.14. The normalized spacial score (nSPS) is 12.5. The fourth-order valence-corrected chi connectivity index (χ4v) is 5.79. The van der Waals surface area contributed by atoms with E-state index in [1.807, 2.05) is 0 Å². The molecule has 0 aliphatic carbocycles. The van der Waals surface area contributed by atoms with Gasteiger partial charge in [-0.05, 0) is 0 Å². The van der Waals surface area contributed by atoms with E-state index in [0.717, 1.165) is 0 Å². The Hall–Kier alpha value is 0.170. The number of unbranched alkanes of at least 4 members (excludes halogenated alkanes) is 9. The van der Waals surface area contributed by atoms with Gasteiger partial charge in [-0.15, -0.1) is 0 Å². The Balaban J connectivity index is 3.34. The maximum absolute atomic E-state index is 2.57. The second kappa shape index (κ2) is 12.0. The van der Waals surface area contributed by atoms with Gasteiger partial charge in [-0.3, -0.25) is 0 Å². The Bertz CT molecular complexity index is 224. The first kappa shape index (κ1) is 19.2. The van der Waals surface area contributed by atoms with Crippen molar-refractivity contribution in [1.82, 2.24) is 0 Å². The Kier molecular flexibility index (Phi) is 12.1. The summed E-state index contributed by atoms with van der Waals surface area (Å²) in [6, 6.07) is 0. The summed E-state index contributed by atoms with van der Waals surface area (Å²) >= 11 is 0. The molecule has 0 N–H and O–H groups in total. The van der Waals surface area contributed by atoms with E-state index in [0.29, 0.717) is 0 Å². The number of hydrogen-bond donors (Lipinski definition) is 0. The van der Waals surface area contributed by atoms with Crippen LogP contribution in [-0.2, 0) is 0 Å². The van der Waals surface area contributed by atoms with Crippen molar-refractivity contribution in [3.63, 3.8) is 0 Å². The summed E-state index contributed by atoms with van der Waals surface area (Å²) in [6.45, 7) is 11.8. The van der Waals surface area contributed by atoms with Gasteiger partial charge in [-0.2, -0.15) is 0 Å². The van der Waals surface area contributed by atoms with Gasteiger partial charge in [0, 0.05) is 0 Å². The van der Waals surface area contributed by atoms with Crippen molar-refractivity contribution >= 4 is 7.26 Å². The van der Waals surface area contributed by atoms with Crippen molar-refractivity contribution in [1.29, 1.82) is 0 Å². The summed E-state index contributed by atoms with van der Waals surface area (Å²) in [5.41, 5.74) is 1.52. The van der Waals surface area contributed by atoms with Crippen LogP contribution in [0.4, 0.5) is 0 Å². The van der Waals surface area contributed by atoms with E-state index < -0.39 is 7.26 Å². The molecule has 0 fully saturated rings. The molecule has 116 valence electrons. The first-order chi connectivity index (χ1) is 8.98. The fourth-order valence-electron chi connectivity index (χ4n) is 2.92. The molecule has 0 aliphatic rings. The second-order valence-corrected chi connectivity index (χ2v) is 11.9. The van der Waals surface area contributed by atoms with E-state index in [1.54, 1.807) is 0 Å². The predicted octanol–water partition coefficient (Wildman–Crippen LogP) is 6.84. The molecule has 19 heavy (non-hydrogen) atoms. The summed E-state index contributed by atoms with van der Waals surface area (Å²) in [7, 11) is -1.02. The van der Waals surface area contributed by atoms with Crippen molar-refractivity contribution in [2.45, 2.75) is 85.0 Å². The third-order valence-electron chi connectivity index (χ3n) is 3.85. The molecule has 1 heteroatoms. The molecule has 0 aromatic carbocycles. The molecule has 0 nitrogen and oxygen atoms in total. The first-order valence-corrected chi connectivity index (χ1v) is 11.9. The predicted molar refractivity (Wildman–Crippen MR) is 96.3 cm³/mol. The van der Waals surface area contributed by atoms with Crippen LogP contribution in [0.15, 0.2) is 11.4 Å². The van der Waals surface area contributed by atoms with Crippen LogP contribution in [0.2, 0.25) is 0 Å². The summed E-state index contributed by atoms with van der Waals surface area (Å²) in [5, 5.41) is 0. The molecule has 0 saturated heterocycles. The van der Waals surface area contributed by atoms with Gasteiger partial charge in [0.25, 0.3) is 0 Å². The molecule has 0 aromatic rings. The molecule has 0 rings (SSSR count). The molecular weight excluding hydrogens is 247 g/mol. The van der Waals surface area contributed by atoms with Crippen molar-refractivity contribution in [2.24, 2.45) is 0 Å². The van der Waals surface area contributed by atoms with Crippen molar-refractivity contribution in [3.05, 3.63) is 11.4 Å². The Morgan fingerprint density at radius 3 is 1.58 bits per heavy atom. The summed E-state index contributed by atoms with van der Waals surface area (Å²) < 4.78 is 0. The first-order valence-electron chi connectivity index (χ1n) is 8.64. The van der Waals surface area contributed by atoms with Crippen LogP contribution in [0, 0.1) is 0 Å². The van der Waals surface area contributed by atoms with Crippen molar-refractivity contribution in [3.8, 4) is 0 Å². The average Bonchev–Trinajstić information content (AvgIpc) is 2.30. The fraction of sp³-hybridized carbons (Fsp3) is 0.889. The van der Waals surface area contributed by atoms with Gasteiger partial charge in [-0.25, -0.2) is 0 Å². The molecule has 0 saturated carbocycles. The zero-order valence-electron chi connectivity index (χ0n) is 14.4. The molecule has 0 atom stereocenters. The monoisotopic (exact) mass is 286 g/mol. The zero-order chi connectivity index (χ0) is 14.6. The Morgan fingerprint density at radius 2 is 1.16 bits per heavy atom. The van der Waals surface area contributed by atoms with Gasteiger partial charge in [0.2, 0.25) is 0 Å². The van der Waals surface area contributed by atoms with Crippen LogP contribution in [0.3, 0.4) is 0 Å². The molecule has 0 unspecified atom stereocenters. The van der Waals surface area contributed by atoms with E-state index >= 15 is 0 Å². The Morgan fingerprint density at radius 1 is 0.737 bits per heavy atom. The van der Waals surface area contributed by atoms with Crippen LogP contribution in [0.25, 0.3) is 0 Å². The van der Waals surface area contributed by atoms with Crippen LogP contribution < -0.4 is 0 Å². The van der Waals surface area contributed by atoms with Crippen LogP contribution in [-0.4, -0.2) is 19.5 Å². The van der Waals surface area contributed by atoms with Crippen molar-refractivity contribution in [2.75, 3.05) is 19.5 Å². The Labute approximate surface area is 123 Å². The van der Waals surface area contributed by atoms with Gasteiger partial charge in [-0.1, -0.05) is 0 Å². The van der Waals surface area contributed by atoms with E-state index in [9.17, 15) is 0 Å². The van der Waals surface area contributed by atoms with Gasteiger partial charge < -0.3 is 0 Å². The molecule has 0 spiro atoms. The number of allylic oxidation sites excluding steroid dienone is 1. The number of rotatable bonds is 12. The summed E-state index contributed by atoms with van der Waals surface area (Å²) in [6.07, 6.45) is 16.0. The average molecular weight is 286 g/mol. The summed E-state index contributed by atoms with van der Waals surface area (Å²) in [5.74, 6) is 2.57. The molecule has 0 heterocycles. The molecule has 0 aliphatic heterocycles. The van der Waals surface area contributed by atoms with Crippen LogP contribution >= 0.6 is 7.26 Å². The zero-order valence-corrected chi connectivity index (χ0v) is 15.4. The quantitative estimate of drug-likeness (QED) is 0.272. The van der Waals surface area contributed by atoms with E-state index in [-0.39, 0.29) is 0 Å². The SMILES string of the molecule is CCCCCCCCCCCC[PH](C)(C)C=C(C)C. The van der Waals surface area contributed by atoms with E-state index in [4.69, 9.17) is 0 Å². The molecule has 0 amide bonds. The molecule has 0 aromatic heterocycles. The molecular formula is C18H39P. The third kappa shape index (κ3) is 14.4. The molecule has 0 radical (unpaired) electrons. The maximum atomic E-state index is 2.57. The van der Waals surface area contributed by atoms with Gasteiger partial charge in [0.1, 0.15) is 0 Å². The topological polar surface area (TPSA) is 0 Å². The third-order valence-corrected chi connectivity index (χ3v) is 6.86. The minimum atomic E-state index is -1.02. The van der Waals surface area contributed by atoms with Crippen LogP contribution in [0.5, 0.6) is 0 Å². The standard InChI is InChI=1S/C18H39P/c1-6-7-8-9-10-11-12-13-14-15-16-19(4,5)17-18(2)3/h17,19H,6-16H2,1-5H3. The van der Waals surface area contributed by atoms with Gasteiger partial charge in [0.15, 0.2) is 0 Å². The van der Waals surface area contributed by atoms with Gasteiger partial charge >= 0.3 is 123 Å². The summed E-state index contributed by atoms with van der Waals surface area (Å²) in [4.78, 5) is 0. The van der Waals surface area contributed by atoms with Gasteiger partial charge in [0.05, 0.1) is 0 Å². The molecule has 0 bridgehead atoms. The number of hydrogen-bond acceptors (Lipinski definition) is 0. The minimum absolute atomic E-state index is 1.02. The van der Waals surface area contributed by atoms with Crippen LogP contribution in [0.1, 0.15) is 85.0 Å². The van der Waals surface area contributed by atoms with E-state index in [1.165, 1.54) is 75.9 Å². The van der Waals surface area contributed by atoms with E-state index in [2.05, 4.69) is 39.9 Å². The van der Waals surface area contributed by atoms with Crippen molar-refractivity contribution < 1.29 is 0 Å².